The molecular formula is CH3Al2O. The molecule has 3 radical (unpaired) electrons. The standard InChI is InChI=1S/CH3.2Al.O/h1H3;;;. The quantitative estimate of drug-likeness (QED) is 0.399. The van der Waals surface area contributed by atoms with Crippen LogP contribution in [0.15, 0.2) is 0 Å². The highest BCUT2D eigenvalue weighted by Gasteiger charge is 1.63. The summed E-state index contributed by atoms with van der Waals surface area (Å²) in [5, 5.41) is 0. The van der Waals surface area contributed by atoms with Crippen molar-refractivity contribution in [2.75, 3.05) is 0 Å². The van der Waals surface area contributed by atoms with Crippen molar-refractivity contribution in [1.82, 2.24) is 0 Å². The van der Waals surface area contributed by atoms with Crippen LogP contribution in [0.25, 0.3) is 0 Å². The third-order valence-electron chi connectivity index (χ3n) is 0.136. The molecule has 0 bridgehead atoms. The molecule has 3 heteroatoms. The first kappa shape index (κ1) is 5.02. The highest BCUT2D eigenvalue weighted by atomic mass is 27.2. The van der Waals surface area contributed by atoms with E-state index in [-0.39, 0.29) is 15.6 Å². The predicted octanol–water partition coefficient (Wildman–Crippen LogP) is -0.246. The first-order valence-corrected chi connectivity index (χ1v) is 3.15. The molecule has 4 heavy (non-hydrogen) atoms. The van der Waals surface area contributed by atoms with Crippen LogP contribution >= 0.6 is 0 Å². The Labute approximate surface area is 41.1 Å². The van der Waals surface area contributed by atoms with Crippen molar-refractivity contribution in [1.29, 1.82) is 0 Å². The maximum atomic E-state index is 4.54. The van der Waals surface area contributed by atoms with E-state index in [0.29, 0.717) is 0 Å². The smallest absolute Gasteiger partial charge is 0.386 e. The molecule has 1 nitrogen and oxygen atoms in total. The average molecular weight is 85.0 g/mol. The van der Waals surface area contributed by atoms with E-state index in [9.17, 15) is 0 Å². The minimum absolute atomic E-state index is 0.245. The van der Waals surface area contributed by atoms with Crippen LogP contribution in [0.4, 0.5) is 0 Å². The van der Waals surface area contributed by atoms with Crippen LogP contribution in [0.1, 0.15) is 0 Å². The van der Waals surface area contributed by atoms with Crippen LogP contribution in [0, 0.1) is 0 Å². The summed E-state index contributed by atoms with van der Waals surface area (Å²) in [5.41, 5.74) is 0. The largest absolute Gasteiger partial charge is 0.656 e. The fourth-order valence-corrected chi connectivity index (χ4v) is 0. The van der Waals surface area contributed by atoms with Crippen LogP contribution in [-0.2, 0) is 2.84 Å². The molecular weight excluding hydrogens is 82.0 g/mol. The maximum absolute atomic E-state index is 4.54. The second-order valence-corrected chi connectivity index (χ2v) is 1.93. The first-order chi connectivity index (χ1) is 1.91. The van der Waals surface area contributed by atoms with Gasteiger partial charge in [-0.25, -0.2) is 0 Å². The van der Waals surface area contributed by atoms with Crippen molar-refractivity contribution in [3.8, 4) is 0 Å². The van der Waals surface area contributed by atoms with Gasteiger partial charge < -0.3 is 2.84 Å². The Balaban J connectivity index is 1.97. The van der Waals surface area contributed by atoms with Crippen molar-refractivity contribution in [3.05, 3.63) is 0 Å². The Bertz CT molecular complexity index is 8.00. The first-order valence-electron chi connectivity index (χ1n) is 1.05. The van der Waals surface area contributed by atoms with Crippen LogP contribution in [-0.4, -0.2) is 32.2 Å². The summed E-state index contributed by atoms with van der Waals surface area (Å²) < 4.78 is 4.54. The number of hydrogen-bond acceptors (Lipinski definition) is 1. The van der Waals surface area contributed by atoms with Gasteiger partial charge in [0.05, 0.1) is 0 Å². The van der Waals surface area contributed by atoms with Gasteiger partial charge in [0.2, 0.25) is 0 Å². The van der Waals surface area contributed by atoms with Crippen LogP contribution in [0.3, 0.4) is 0 Å². The Morgan fingerprint density at radius 1 is 2.00 bits per heavy atom. The summed E-state index contributed by atoms with van der Waals surface area (Å²) in [6, 6.07) is 0. The Hall–Kier alpha value is 1.02. The number of hydrogen-bond donors (Lipinski definition) is 0. The number of rotatable bonds is 1. The molecule has 0 aromatic heterocycles. The van der Waals surface area contributed by atoms with E-state index in [0.717, 1.165) is 0 Å². The minimum atomic E-state index is 0.245. The van der Waals surface area contributed by atoms with E-state index in [2.05, 4.69) is 19.5 Å². The van der Waals surface area contributed by atoms with Gasteiger partial charge in [-0.15, -0.1) is 0 Å². The molecule has 0 rings (SSSR count). The van der Waals surface area contributed by atoms with Gasteiger partial charge in [-0.3, -0.25) is 0 Å². The summed E-state index contributed by atoms with van der Waals surface area (Å²) in [7, 11) is 0. The fourth-order valence-electron chi connectivity index (χ4n) is 0. The van der Waals surface area contributed by atoms with Gasteiger partial charge in [0.25, 0.3) is 0 Å². The van der Waals surface area contributed by atoms with Gasteiger partial charge in [-0.05, 0) is 0 Å². The normalized spacial score (nSPS) is 6.25. The van der Waals surface area contributed by atoms with E-state index < -0.39 is 0 Å². The average Bonchev–Trinajstić information content (AvgIpc) is 1.37. The third-order valence-corrected chi connectivity index (χ3v) is 1.22. The monoisotopic (exact) mass is 85.0 g/mol. The molecule has 0 amide bonds. The van der Waals surface area contributed by atoms with E-state index in [1.807, 2.05) is 5.79 Å². The maximum Gasteiger partial charge on any atom is 0.386 e. The Morgan fingerprint density at radius 2 is 2.25 bits per heavy atom. The zero-order chi connectivity index (χ0) is 3.41. The zero-order valence-corrected chi connectivity index (χ0v) is 4.87. The molecule has 0 aliphatic heterocycles. The van der Waals surface area contributed by atoms with Crippen molar-refractivity contribution in [3.63, 3.8) is 0 Å². The third kappa shape index (κ3) is 3.02. The lowest BCUT2D eigenvalue weighted by atomic mass is 11.9. The van der Waals surface area contributed by atoms with E-state index >= 15 is 0 Å². The fraction of sp³-hybridized carbons (Fsp3) is 1.00. The van der Waals surface area contributed by atoms with Gasteiger partial charge in [0, 0.05) is 0 Å². The molecule has 0 N–H and O–H groups in total. The van der Waals surface area contributed by atoms with Crippen molar-refractivity contribution in [2.24, 2.45) is 0 Å². The molecule has 0 aromatic rings. The summed E-state index contributed by atoms with van der Waals surface area (Å²) in [4.78, 5) is 0. The predicted molar refractivity (Wildman–Crippen MR) is 18.5 cm³/mol. The Kier molecular flexibility index (Phi) is 5.06. The molecule has 0 aromatic carbocycles. The molecule has 0 unspecified atom stereocenters. The summed E-state index contributed by atoms with van der Waals surface area (Å²) in [6.07, 6.45) is 0. The van der Waals surface area contributed by atoms with Gasteiger partial charge >= 0.3 is 32.2 Å². The molecule has 0 aliphatic carbocycles. The molecule has 19 valence electrons. The lowest BCUT2D eigenvalue weighted by Gasteiger charge is -1.77. The summed E-state index contributed by atoms with van der Waals surface area (Å²) in [6.45, 7) is 0. The van der Waals surface area contributed by atoms with Crippen molar-refractivity contribution >= 4 is 32.2 Å². The summed E-state index contributed by atoms with van der Waals surface area (Å²) in [5.74, 6) is 2.02. The van der Waals surface area contributed by atoms with Crippen LogP contribution in [0.5, 0.6) is 0 Å². The van der Waals surface area contributed by atoms with Gasteiger partial charge in [-0.2, -0.15) is 0 Å². The zero-order valence-electron chi connectivity index (χ0n) is 2.56. The van der Waals surface area contributed by atoms with Crippen LogP contribution in [0.2, 0.25) is 5.79 Å². The molecule has 0 atom stereocenters. The molecule has 0 spiro atoms. The molecule has 0 saturated heterocycles. The van der Waals surface area contributed by atoms with E-state index in [1.54, 1.807) is 0 Å². The van der Waals surface area contributed by atoms with Gasteiger partial charge in [-0.1, -0.05) is 5.79 Å². The molecule has 0 heterocycles. The highest BCUT2D eigenvalue weighted by molar-refractivity contribution is 6.32. The van der Waals surface area contributed by atoms with Gasteiger partial charge in [0.1, 0.15) is 0 Å². The van der Waals surface area contributed by atoms with Crippen LogP contribution < -0.4 is 0 Å². The lowest BCUT2D eigenvalue weighted by molar-refractivity contribution is 0.671. The molecule has 0 aliphatic rings. The van der Waals surface area contributed by atoms with Crippen molar-refractivity contribution < 1.29 is 2.84 Å². The topological polar surface area (TPSA) is 9.23 Å². The SMILES string of the molecule is [CH3][Al][O][Al]. The summed E-state index contributed by atoms with van der Waals surface area (Å²) >= 11 is 2.44. The second-order valence-electron chi connectivity index (χ2n) is 0.372. The van der Waals surface area contributed by atoms with E-state index in [4.69, 9.17) is 0 Å². The second kappa shape index (κ2) is 4.02. The van der Waals surface area contributed by atoms with Gasteiger partial charge in [0.15, 0.2) is 0 Å². The van der Waals surface area contributed by atoms with E-state index in [1.165, 1.54) is 0 Å². The molecule has 0 fully saturated rings. The van der Waals surface area contributed by atoms with Crippen molar-refractivity contribution in [2.45, 2.75) is 5.79 Å². The lowest BCUT2D eigenvalue weighted by Crippen LogP contribution is -1.82. The Morgan fingerprint density at radius 3 is 2.25 bits per heavy atom. The minimum Gasteiger partial charge on any atom is -0.656 e. The molecule has 0 saturated carbocycles. The highest BCUT2D eigenvalue weighted by Crippen LogP contribution is 1.45.